The van der Waals surface area contributed by atoms with Crippen LogP contribution in [0.4, 0.5) is 5.00 Å². The fourth-order valence-corrected chi connectivity index (χ4v) is 4.07. The first-order valence-corrected chi connectivity index (χ1v) is 9.79. The summed E-state index contributed by atoms with van der Waals surface area (Å²) in [5.41, 5.74) is 3.35. The van der Waals surface area contributed by atoms with E-state index < -0.39 is 17.5 Å². The number of aromatic nitrogens is 1. The molecule has 0 spiro atoms. The molecule has 3 aromatic rings. The molecule has 0 aliphatic carbocycles. The van der Waals surface area contributed by atoms with Crippen molar-refractivity contribution in [2.45, 2.75) is 26.8 Å². The number of carbonyl (C=O) groups excluding carboxylic acids is 2. The molecule has 0 saturated heterocycles. The van der Waals surface area contributed by atoms with Gasteiger partial charge < -0.3 is 9.30 Å². The number of thiophene rings is 1. The van der Waals surface area contributed by atoms with Crippen molar-refractivity contribution in [1.82, 2.24) is 4.57 Å². The Morgan fingerprint density at radius 1 is 1.17 bits per heavy atom. The number of ketones is 1. The Hall–Kier alpha value is -3.26. The number of rotatable bonds is 7. The predicted octanol–water partition coefficient (Wildman–Crippen LogP) is 4.72. The molecule has 29 heavy (non-hydrogen) atoms. The van der Waals surface area contributed by atoms with Crippen LogP contribution < -0.4 is 0 Å². The molecule has 0 amide bonds. The van der Waals surface area contributed by atoms with E-state index >= 15 is 0 Å². The minimum atomic E-state index is -0.747. The zero-order valence-electron chi connectivity index (χ0n) is 16.2. The lowest BCUT2D eigenvalue weighted by molar-refractivity contribution is -0.380. The molecule has 0 bridgehead atoms. The molecule has 0 aliphatic heterocycles. The maximum atomic E-state index is 12.6. The maximum absolute atomic E-state index is 12.6. The summed E-state index contributed by atoms with van der Waals surface area (Å²) in [6.07, 6.45) is 0. The third-order valence-electron chi connectivity index (χ3n) is 4.76. The van der Waals surface area contributed by atoms with E-state index in [9.17, 15) is 19.7 Å². The number of benzene rings is 1. The second-order valence-electron chi connectivity index (χ2n) is 6.64. The number of nitrogens with zero attached hydrogens (tertiary/aromatic N) is 2. The van der Waals surface area contributed by atoms with E-state index in [-0.39, 0.29) is 21.7 Å². The van der Waals surface area contributed by atoms with Gasteiger partial charge in [-0.3, -0.25) is 14.9 Å². The van der Waals surface area contributed by atoms with Crippen LogP contribution in [-0.4, -0.2) is 27.8 Å². The third kappa shape index (κ3) is 4.27. The molecule has 8 heteroatoms. The number of nitro groups is 1. The van der Waals surface area contributed by atoms with E-state index in [0.29, 0.717) is 5.56 Å². The smallest absolute Gasteiger partial charge is 0.349 e. The number of aryl methyl sites for hydroxylation is 1. The normalized spacial score (nSPS) is 11.8. The van der Waals surface area contributed by atoms with Crippen LogP contribution in [0.3, 0.4) is 0 Å². The molecule has 0 aliphatic rings. The van der Waals surface area contributed by atoms with Gasteiger partial charge in [0.25, 0.3) is 0 Å². The Labute approximate surface area is 171 Å². The van der Waals surface area contributed by atoms with E-state index in [1.54, 1.807) is 6.07 Å². The van der Waals surface area contributed by atoms with Gasteiger partial charge >= 0.3 is 11.0 Å². The SMILES string of the molecule is Cc1cc(C(=O)COC(=O)c2ccc([N+](=O)[O-])s2)c(C)n1[C@H](C)c1ccccc1. The first-order valence-electron chi connectivity index (χ1n) is 8.97. The lowest BCUT2D eigenvalue weighted by Crippen LogP contribution is -2.15. The van der Waals surface area contributed by atoms with Crippen LogP contribution in [0, 0.1) is 24.0 Å². The van der Waals surface area contributed by atoms with Crippen LogP contribution in [0.25, 0.3) is 0 Å². The summed E-state index contributed by atoms with van der Waals surface area (Å²) in [5, 5.41) is 10.6. The third-order valence-corrected chi connectivity index (χ3v) is 5.78. The Bertz CT molecular complexity index is 1070. The molecular formula is C21H20N2O5S. The van der Waals surface area contributed by atoms with E-state index in [2.05, 4.69) is 11.5 Å². The summed E-state index contributed by atoms with van der Waals surface area (Å²) in [5.74, 6) is -1.06. The maximum Gasteiger partial charge on any atom is 0.349 e. The Morgan fingerprint density at radius 3 is 2.48 bits per heavy atom. The van der Waals surface area contributed by atoms with Crippen LogP contribution in [-0.2, 0) is 4.74 Å². The van der Waals surface area contributed by atoms with Crippen molar-refractivity contribution in [1.29, 1.82) is 0 Å². The van der Waals surface area contributed by atoms with Gasteiger partial charge in [-0.15, -0.1) is 0 Å². The highest BCUT2D eigenvalue weighted by molar-refractivity contribution is 7.17. The summed E-state index contributed by atoms with van der Waals surface area (Å²) in [4.78, 5) is 35.0. The second-order valence-corrected chi connectivity index (χ2v) is 7.70. The summed E-state index contributed by atoms with van der Waals surface area (Å²) in [6.45, 7) is 5.44. The van der Waals surface area contributed by atoms with Gasteiger partial charge in [0, 0.05) is 23.0 Å². The zero-order chi connectivity index (χ0) is 21.1. The number of hydrogen-bond acceptors (Lipinski definition) is 6. The Kier molecular flexibility index (Phi) is 5.93. The van der Waals surface area contributed by atoms with E-state index in [1.807, 2.05) is 44.2 Å². The summed E-state index contributed by atoms with van der Waals surface area (Å²) >= 11 is 0.719. The fraction of sp³-hybridized carbons (Fsp3) is 0.238. The van der Waals surface area contributed by atoms with Crippen LogP contribution in [0.2, 0.25) is 0 Å². The highest BCUT2D eigenvalue weighted by Gasteiger charge is 2.22. The monoisotopic (exact) mass is 412 g/mol. The Morgan fingerprint density at radius 2 is 1.86 bits per heavy atom. The number of hydrogen-bond donors (Lipinski definition) is 0. The zero-order valence-corrected chi connectivity index (χ0v) is 17.1. The van der Waals surface area contributed by atoms with E-state index in [4.69, 9.17) is 4.74 Å². The first kappa shape index (κ1) is 20.5. The van der Waals surface area contributed by atoms with Gasteiger partial charge in [0.05, 0.1) is 11.0 Å². The van der Waals surface area contributed by atoms with Gasteiger partial charge in [-0.2, -0.15) is 0 Å². The van der Waals surface area contributed by atoms with Crippen molar-refractivity contribution in [2.24, 2.45) is 0 Å². The van der Waals surface area contributed by atoms with Crippen LogP contribution in [0.5, 0.6) is 0 Å². The van der Waals surface area contributed by atoms with E-state index in [1.165, 1.54) is 12.1 Å². The van der Waals surface area contributed by atoms with Crippen LogP contribution in [0.1, 0.15) is 49.9 Å². The van der Waals surface area contributed by atoms with Gasteiger partial charge in [-0.1, -0.05) is 41.7 Å². The van der Waals surface area contributed by atoms with E-state index in [0.717, 1.165) is 28.3 Å². The molecule has 1 atom stereocenters. The van der Waals surface area contributed by atoms with Gasteiger partial charge in [-0.25, -0.2) is 4.79 Å². The van der Waals surface area contributed by atoms with Gasteiger partial charge in [-0.05, 0) is 38.5 Å². The molecule has 0 unspecified atom stereocenters. The second kappa shape index (κ2) is 8.40. The average Bonchev–Trinajstić information content (AvgIpc) is 3.31. The van der Waals surface area contributed by atoms with Gasteiger partial charge in [0.15, 0.2) is 6.61 Å². The van der Waals surface area contributed by atoms with Crippen molar-refractivity contribution in [2.75, 3.05) is 6.61 Å². The van der Waals surface area contributed by atoms with Gasteiger partial charge in [0.2, 0.25) is 5.78 Å². The quantitative estimate of drug-likeness (QED) is 0.242. The average molecular weight is 412 g/mol. The minimum absolute atomic E-state index is 0.0481. The summed E-state index contributed by atoms with van der Waals surface area (Å²) in [7, 11) is 0. The first-order chi connectivity index (χ1) is 13.8. The molecule has 0 N–H and O–H groups in total. The number of carbonyl (C=O) groups is 2. The topological polar surface area (TPSA) is 91.4 Å². The lowest BCUT2D eigenvalue weighted by atomic mass is 10.1. The molecule has 3 rings (SSSR count). The van der Waals surface area contributed by atoms with Crippen molar-refractivity contribution in [3.05, 3.63) is 86.0 Å². The van der Waals surface area contributed by atoms with Crippen molar-refractivity contribution < 1.29 is 19.2 Å². The largest absolute Gasteiger partial charge is 0.453 e. The number of esters is 1. The molecular weight excluding hydrogens is 392 g/mol. The van der Waals surface area contributed by atoms with Crippen LogP contribution in [0.15, 0.2) is 48.5 Å². The molecule has 0 radical (unpaired) electrons. The fourth-order valence-electron chi connectivity index (χ4n) is 3.35. The predicted molar refractivity (Wildman–Crippen MR) is 110 cm³/mol. The summed E-state index contributed by atoms with van der Waals surface area (Å²) < 4.78 is 7.15. The number of ether oxygens (including phenoxy) is 1. The van der Waals surface area contributed by atoms with Crippen LogP contribution >= 0.6 is 11.3 Å². The molecule has 1 aromatic carbocycles. The standard InChI is InChI=1S/C21H20N2O5S/c1-13-11-17(15(3)22(13)14(2)16-7-5-4-6-8-16)18(24)12-28-21(25)19-9-10-20(29-19)23(26)27/h4-11,14H,12H2,1-3H3/t14-/m1/s1. The minimum Gasteiger partial charge on any atom is -0.453 e. The lowest BCUT2D eigenvalue weighted by Gasteiger charge is -2.19. The van der Waals surface area contributed by atoms with Crippen molar-refractivity contribution >= 4 is 28.1 Å². The van der Waals surface area contributed by atoms with Crippen molar-refractivity contribution in [3.8, 4) is 0 Å². The highest BCUT2D eigenvalue weighted by Crippen LogP contribution is 2.27. The molecule has 0 fully saturated rings. The molecule has 7 nitrogen and oxygen atoms in total. The van der Waals surface area contributed by atoms with Gasteiger partial charge in [0.1, 0.15) is 4.88 Å². The highest BCUT2D eigenvalue weighted by atomic mass is 32.1. The molecule has 150 valence electrons. The molecule has 2 heterocycles. The summed E-state index contributed by atoms with van der Waals surface area (Å²) in [6, 6.07) is 14.4. The molecule has 0 saturated carbocycles. The Balaban J connectivity index is 1.73. The molecule has 2 aromatic heterocycles. The van der Waals surface area contributed by atoms with Crippen molar-refractivity contribution in [3.63, 3.8) is 0 Å². The number of Topliss-reactive ketones (excluding diaryl/α,β-unsaturated/α-hetero) is 1.